The van der Waals surface area contributed by atoms with Gasteiger partial charge in [-0.05, 0) is 49.6 Å². The Kier molecular flexibility index (Phi) is 4.28. The predicted octanol–water partition coefficient (Wildman–Crippen LogP) is 5.14. The second-order valence-electron chi connectivity index (χ2n) is 7.47. The molecular weight excluding hydrogens is 354 g/mol. The molecule has 0 radical (unpaired) electrons. The molecule has 3 aromatic heterocycles. The first-order valence-corrected chi connectivity index (χ1v) is 10.5. The van der Waals surface area contributed by atoms with Gasteiger partial charge in [-0.1, -0.05) is 36.7 Å². The first kappa shape index (κ1) is 16.7. The third-order valence-corrected chi connectivity index (χ3v) is 6.29. The molecule has 27 heavy (non-hydrogen) atoms. The van der Waals surface area contributed by atoms with Gasteiger partial charge in [-0.15, -0.1) is 0 Å². The van der Waals surface area contributed by atoms with Crippen LogP contribution in [0, 0.1) is 6.92 Å². The molecule has 0 bridgehead atoms. The molecule has 0 unspecified atom stereocenters. The summed E-state index contributed by atoms with van der Waals surface area (Å²) in [5.41, 5.74) is 5.22. The predicted molar refractivity (Wildman–Crippen MR) is 111 cm³/mol. The minimum Gasteiger partial charge on any atom is -0.359 e. The fraction of sp³-hybridized carbons (Fsp3) is 0.381. The van der Waals surface area contributed by atoms with E-state index in [-0.39, 0.29) is 0 Å². The second kappa shape index (κ2) is 6.93. The highest BCUT2D eigenvalue weighted by Gasteiger charge is 2.15. The molecular formula is C21H23N5S. The summed E-state index contributed by atoms with van der Waals surface area (Å²) in [5, 5.41) is 4.70. The van der Waals surface area contributed by atoms with Gasteiger partial charge in [0, 0.05) is 11.7 Å². The standard InChI is InChI=1S/C21H23N5S/c1-14-7-9-18-20(23-14)26(13-22-18)12-15-8-10-17-19(11-15)27-21(25-17)24-16-5-3-2-4-6-16/h7-11,13,16H,2-6,12H2,1H3,(H,24,25). The number of aromatic nitrogens is 4. The molecule has 0 amide bonds. The van der Waals surface area contributed by atoms with E-state index in [0.717, 1.165) is 34.1 Å². The Bertz CT molecular complexity index is 1090. The maximum absolute atomic E-state index is 4.78. The largest absolute Gasteiger partial charge is 0.359 e. The Morgan fingerprint density at radius 2 is 1.93 bits per heavy atom. The molecule has 1 saturated carbocycles. The van der Waals surface area contributed by atoms with Crippen molar-refractivity contribution in [3.8, 4) is 0 Å². The van der Waals surface area contributed by atoms with Crippen LogP contribution in [0.4, 0.5) is 5.13 Å². The number of thiazole rings is 1. The van der Waals surface area contributed by atoms with E-state index in [0.29, 0.717) is 6.04 Å². The van der Waals surface area contributed by atoms with Crippen molar-refractivity contribution in [1.29, 1.82) is 0 Å². The van der Waals surface area contributed by atoms with Crippen molar-refractivity contribution in [3.63, 3.8) is 0 Å². The number of anilines is 1. The number of aryl methyl sites for hydroxylation is 1. The zero-order valence-corrected chi connectivity index (χ0v) is 16.3. The summed E-state index contributed by atoms with van der Waals surface area (Å²) >= 11 is 1.76. The van der Waals surface area contributed by atoms with E-state index in [1.165, 1.54) is 42.4 Å². The summed E-state index contributed by atoms with van der Waals surface area (Å²) in [6.07, 6.45) is 8.45. The van der Waals surface area contributed by atoms with Crippen LogP contribution in [0.15, 0.2) is 36.7 Å². The first-order valence-electron chi connectivity index (χ1n) is 9.69. The van der Waals surface area contributed by atoms with Crippen molar-refractivity contribution in [2.45, 2.75) is 51.6 Å². The van der Waals surface area contributed by atoms with Crippen LogP contribution in [0.2, 0.25) is 0 Å². The molecule has 138 valence electrons. The summed E-state index contributed by atoms with van der Waals surface area (Å²) in [6, 6.07) is 11.2. The number of fused-ring (bicyclic) bond motifs is 2. The van der Waals surface area contributed by atoms with Gasteiger partial charge in [0.1, 0.15) is 5.52 Å². The van der Waals surface area contributed by atoms with Gasteiger partial charge >= 0.3 is 0 Å². The van der Waals surface area contributed by atoms with Crippen molar-refractivity contribution in [2.24, 2.45) is 0 Å². The Labute approximate surface area is 162 Å². The molecule has 1 aromatic carbocycles. The van der Waals surface area contributed by atoms with Crippen LogP contribution in [0.25, 0.3) is 21.4 Å². The van der Waals surface area contributed by atoms with Gasteiger partial charge in [0.15, 0.2) is 10.8 Å². The van der Waals surface area contributed by atoms with Crippen molar-refractivity contribution < 1.29 is 0 Å². The minimum absolute atomic E-state index is 0.588. The molecule has 0 aliphatic heterocycles. The number of nitrogens with zero attached hydrogens (tertiary/aromatic N) is 4. The number of hydrogen-bond acceptors (Lipinski definition) is 5. The molecule has 1 fully saturated rings. The molecule has 0 atom stereocenters. The topological polar surface area (TPSA) is 55.6 Å². The lowest BCUT2D eigenvalue weighted by atomic mass is 9.96. The monoisotopic (exact) mass is 377 g/mol. The van der Waals surface area contributed by atoms with Gasteiger partial charge < -0.3 is 9.88 Å². The van der Waals surface area contributed by atoms with E-state index >= 15 is 0 Å². The van der Waals surface area contributed by atoms with E-state index in [1.807, 2.05) is 25.4 Å². The lowest BCUT2D eigenvalue weighted by Gasteiger charge is -2.22. The van der Waals surface area contributed by atoms with Gasteiger partial charge in [0.2, 0.25) is 0 Å². The van der Waals surface area contributed by atoms with E-state index in [1.54, 1.807) is 11.3 Å². The zero-order chi connectivity index (χ0) is 18.2. The number of rotatable bonds is 4. The van der Waals surface area contributed by atoms with Crippen molar-refractivity contribution in [3.05, 3.63) is 47.9 Å². The van der Waals surface area contributed by atoms with Crippen LogP contribution < -0.4 is 5.32 Å². The Morgan fingerprint density at radius 3 is 2.81 bits per heavy atom. The maximum Gasteiger partial charge on any atom is 0.184 e. The van der Waals surface area contributed by atoms with Crippen LogP contribution in [0.5, 0.6) is 0 Å². The molecule has 6 heteroatoms. The highest BCUT2D eigenvalue weighted by atomic mass is 32.1. The molecule has 0 spiro atoms. The van der Waals surface area contributed by atoms with Crippen LogP contribution in [-0.4, -0.2) is 25.6 Å². The summed E-state index contributed by atoms with van der Waals surface area (Å²) in [6.45, 7) is 2.78. The average molecular weight is 378 g/mol. The minimum atomic E-state index is 0.588. The maximum atomic E-state index is 4.78. The summed E-state index contributed by atoms with van der Waals surface area (Å²) in [5.74, 6) is 0. The molecule has 1 N–H and O–H groups in total. The molecule has 5 nitrogen and oxygen atoms in total. The van der Waals surface area contributed by atoms with Crippen LogP contribution in [0.3, 0.4) is 0 Å². The van der Waals surface area contributed by atoms with E-state index in [4.69, 9.17) is 4.98 Å². The van der Waals surface area contributed by atoms with E-state index < -0.39 is 0 Å². The van der Waals surface area contributed by atoms with Gasteiger partial charge in [0.25, 0.3) is 0 Å². The first-order chi connectivity index (χ1) is 13.2. The van der Waals surface area contributed by atoms with Gasteiger partial charge in [-0.25, -0.2) is 15.0 Å². The Balaban J connectivity index is 1.39. The molecule has 0 saturated heterocycles. The fourth-order valence-corrected chi connectivity index (χ4v) is 4.90. The normalized spacial score (nSPS) is 15.6. The molecule has 1 aliphatic carbocycles. The number of imidazole rings is 1. The molecule has 5 rings (SSSR count). The van der Waals surface area contributed by atoms with Crippen molar-refractivity contribution in [1.82, 2.24) is 19.5 Å². The number of benzene rings is 1. The Hall–Kier alpha value is -2.47. The zero-order valence-electron chi connectivity index (χ0n) is 15.5. The summed E-state index contributed by atoms with van der Waals surface area (Å²) in [4.78, 5) is 13.9. The third-order valence-electron chi connectivity index (χ3n) is 5.34. The molecule has 4 aromatic rings. The van der Waals surface area contributed by atoms with Crippen molar-refractivity contribution >= 4 is 37.8 Å². The van der Waals surface area contributed by atoms with E-state index in [2.05, 4.69) is 38.1 Å². The van der Waals surface area contributed by atoms with Crippen LogP contribution in [-0.2, 0) is 6.54 Å². The van der Waals surface area contributed by atoms with Crippen LogP contribution >= 0.6 is 11.3 Å². The average Bonchev–Trinajstić information content (AvgIpc) is 3.26. The lowest BCUT2D eigenvalue weighted by Crippen LogP contribution is -2.21. The van der Waals surface area contributed by atoms with Gasteiger partial charge in [0.05, 0.1) is 23.1 Å². The Morgan fingerprint density at radius 1 is 1.07 bits per heavy atom. The third kappa shape index (κ3) is 3.41. The van der Waals surface area contributed by atoms with E-state index in [9.17, 15) is 0 Å². The summed E-state index contributed by atoms with van der Waals surface area (Å²) < 4.78 is 3.35. The van der Waals surface area contributed by atoms with Gasteiger partial charge in [-0.2, -0.15) is 0 Å². The summed E-state index contributed by atoms with van der Waals surface area (Å²) in [7, 11) is 0. The van der Waals surface area contributed by atoms with Gasteiger partial charge in [-0.3, -0.25) is 0 Å². The highest BCUT2D eigenvalue weighted by molar-refractivity contribution is 7.22. The highest BCUT2D eigenvalue weighted by Crippen LogP contribution is 2.30. The lowest BCUT2D eigenvalue weighted by molar-refractivity contribution is 0.462. The SMILES string of the molecule is Cc1ccc2ncn(Cc3ccc4nc(NC5CCCCC5)sc4c3)c2n1. The smallest absolute Gasteiger partial charge is 0.184 e. The second-order valence-corrected chi connectivity index (χ2v) is 8.50. The van der Waals surface area contributed by atoms with Crippen molar-refractivity contribution in [2.75, 3.05) is 5.32 Å². The number of hydrogen-bond donors (Lipinski definition) is 1. The fourth-order valence-electron chi connectivity index (χ4n) is 3.90. The van der Waals surface area contributed by atoms with Crippen LogP contribution in [0.1, 0.15) is 43.4 Å². The quantitative estimate of drug-likeness (QED) is 0.535. The number of nitrogens with one attached hydrogen (secondary N) is 1. The molecule has 3 heterocycles. The molecule has 1 aliphatic rings. The number of pyridine rings is 1.